The smallest absolute Gasteiger partial charge is 0.303 e. The third-order valence-corrected chi connectivity index (χ3v) is 3.92. The third kappa shape index (κ3) is 1.92. The van der Waals surface area contributed by atoms with Gasteiger partial charge >= 0.3 is 5.97 Å². The van der Waals surface area contributed by atoms with Gasteiger partial charge in [-0.05, 0) is 38.5 Å². The quantitative estimate of drug-likeness (QED) is 0.518. The molecule has 0 aromatic heterocycles. The predicted octanol–water partition coefficient (Wildman–Crippen LogP) is 2.23. The monoisotopic (exact) mass is 210 g/mol. The van der Waals surface area contributed by atoms with Crippen LogP contribution in [0.3, 0.4) is 0 Å². The lowest BCUT2D eigenvalue weighted by Crippen LogP contribution is -2.32. The van der Waals surface area contributed by atoms with E-state index >= 15 is 0 Å². The molecule has 3 nitrogen and oxygen atoms in total. The van der Waals surface area contributed by atoms with Gasteiger partial charge in [0.1, 0.15) is 11.9 Å². The molecule has 2 aliphatic rings. The molecule has 0 aromatic rings. The molecule has 0 amide bonds. The zero-order chi connectivity index (χ0) is 10.9. The molecule has 2 rings (SSSR count). The van der Waals surface area contributed by atoms with E-state index in [1.54, 1.807) is 0 Å². The first-order chi connectivity index (χ1) is 7.10. The Kier molecular flexibility index (Phi) is 2.57. The molecule has 0 heterocycles. The van der Waals surface area contributed by atoms with Crippen LogP contribution in [0.4, 0.5) is 0 Å². The minimum atomic E-state index is -0.316. The Morgan fingerprint density at radius 2 is 1.93 bits per heavy atom. The molecule has 0 aliphatic heterocycles. The highest BCUT2D eigenvalue weighted by molar-refractivity contribution is 5.67. The molecule has 2 bridgehead atoms. The van der Waals surface area contributed by atoms with Gasteiger partial charge in [0.2, 0.25) is 0 Å². The van der Waals surface area contributed by atoms with Crippen molar-refractivity contribution in [2.45, 2.75) is 57.5 Å². The van der Waals surface area contributed by atoms with Gasteiger partial charge in [-0.1, -0.05) is 6.42 Å². The Morgan fingerprint density at radius 1 is 1.20 bits per heavy atom. The number of rotatable bonds is 2. The van der Waals surface area contributed by atoms with Crippen molar-refractivity contribution in [3.05, 3.63) is 0 Å². The summed E-state index contributed by atoms with van der Waals surface area (Å²) in [6, 6.07) is 0. The van der Waals surface area contributed by atoms with Gasteiger partial charge in [0.05, 0.1) is 0 Å². The Morgan fingerprint density at radius 3 is 2.60 bits per heavy atom. The number of esters is 1. The lowest BCUT2D eigenvalue weighted by Gasteiger charge is -2.28. The summed E-state index contributed by atoms with van der Waals surface area (Å²) in [5.74, 6) is -0.210. The fraction of sp³-hybridized carbons (Fsp3) is 0.833. The number of hydrogen-bond donors (Lipinski definition) is 0. The predicted molar refractivity (Wildman–Crippen MR) is 55.3 cm³/mol. The second-order valence-electron chi connectivity index (χ2n) is 5.14. The molecule has 2 aliphatic carbocycles. The van der Waals surface area contributed by atoms with Gasteiger partial charge < -0.3 is 9.53 Å². The van der Waals surface area contributed by atoms with Crippen LogP contribution in [-0.4, -0.2) is 17.9 Å². The molecule has 2 unspecified atom stereocenters. The topological polar surface area (TPSA) is 43.4 Å². The minimum absolute atomic E-state index is 0.189. The summed E-state index contributed by atoms with van der Waals surface area (Å²) in [4.78, 5) is 22.3. The molecule has 3 heteroatoms. The van der Waals surface area contributed by atoms with E-state index in [2.05, 4.69) is 0 Å². The van der Waals surface area contributed by atoms with E-state index in [0.29, 0.717) is 0 Å². The maximum atomic E-state index is 11.2. The van der Waals surface area contributed by atoms with Crippen LogP contribution < -0.4 is 0 Å². The van der Waals surface area contributed by atoms with Gasteiger partial charge in [-0.25, -0.2) is 0 Å². The van der Waals surface area contributed by atoms with Crippen molar-refractivity contribution < 1.29 is 14.3 Å². The maximum absolute atomic E-state index is 11.2. The van der Waals surface area contributed by atoms with E-state index in [4.69, 9.17) is 4.74 Å². The Balaban J connectivity index is 2.19. The highest BCUT2D eigenvalue weighted by Gasteiger charge is 2.51. The van der Waals surface area contributed by atoms with Crippen molar-refractivity contribution in [2.24, 2.45) is 5.41 Å². The molecule has 0 spiro atoms. The number of carbonyl (C=O) groups excluding carboxylic acids is 2. The van der Waals surface area contributed by atoms with Gasteiger partial charge in [-0.15, -0.1) is 0 Å². The van der Waals surface area contributed by atoms with Gasteiger partial charge in [0, 0.05) is 12.3 Å². The Bertz CT molecular complexity index is 287. The summed E-state index contributed by atoms with van der Waals surface area (Å²) in [7, 11) is 0. The molecule has 84 valence electrons. The molecule has 0 aromatic carbocycles. The largest absolute Gasteiger partial charge is 0.459 e. The van der Waals surface area contributed by atoms with Crippen molar-refractivity contribution in [1.29, 1.82) is 0 Å². The van der Waals surface area contributed by atoms with E-state index in [9.17, 15) is 9.59 Å². The second kappa shape index (κ2) is 3.62. The summed E-state index contributed by atoms with van der Waals surface area (Å²) in [6.07, 6.45) is 7.67. The third-order valence-electron chi connectivity index (χ3n) is 3.92. The number of ether oxygens (including phenoxy) is 1. The molecule has 0 saturated heterocycles. The van der Waals surface area contributed by atoms with Crippen molar-refractivity contribution in [1.82, 2.24) is 0 Å². The molecular weight excluding hydrogens is 192 g/mol. The summed E-state index contributed by atoms with van der Waals surface area (Å²) in [6.45, 7) is 1.46. The lowest BCUT2D eigenvalue weighted by molar-refractivity contribution is -0.158. The fourth-order valence-electron chi connectivity index (χ4n) is 3.25. The average molecular weight is 210 g/mol. The van der Waals surface area contributed by atoms with E-state index < -0.39 is 0 Å². The highest BCUT2D eigenvalue weighted by atomic mass is 16.6. The van der Waals surface area contributed by atoms with Crippen LogP contribution >= 0.6 is 0 Å². The van der Waals surface area contributed by atoms with Gasteiger partial charge in [-0.2, -0.15) is 0 Å². The molecular formula is C12H18O3. The first kappa shape index (κ1) is 10.7. The van der Waals surface area contributed by atoms with Crippen LogP contribution in [-0.2, 0) is 14.3 Å². The van der Waals surface area contributed by atoms with Crippen LogP contribution in [0.15, 0.2) is 0 Å². The molecule has 2 fully saturated rings. The maximum Gasteiger partial charge on any atom is 0.303 e. The number of fused-ring (bicyclic) bond motifs is 2. The van der Waals surface area contributed by atoms with E-state index in [1.807, 2.05) is 0 Å². The van der Waals surface area contributed by atoms with E-state index in [1.165, 1.54) is 6.92 Å². The zero-order valence-electron chi connectivity index (χ0n) is 9.25. The summed E-state index contributed by atoms with van der Waals surface area (Å²) in [5, 5.41) is 0. The summed E-state index contributed by atoms with van der Waals surface area (Å²) in [5.41, 5.74) is -0.505. The highest BCUT2D eigenvalue weighted by Crippen LogP contribution is 2.52. The van der Waals surface area contributed by atoms with Crippen LogP contribution in [0.25, 0.3) is 0 Å². The van der Waals surface area contributed by atoms with Crippen LogP contribution in [0.1, 0.15) is 51.9 Å². The molecule has 0 N–H and O–H groups in total. The normalized spacial score (nSPS) is 39.5. The standard InChI is InChI=1S/C12H18O3/c1-10(14)15-12-5-3-2-4-11(8-12,9-13)6-7-12/h9H,2-8H2,1H3. The Hall–Kier alpha value is -0.860. The number of carbonyl (C=O) groups is 2. The summed E-state index contributed by atoms with van der Waals surface area (Å²) >= 11 is 0. The molecule has 2 atom stereocenters. The van der Waals surface area contributed by atoms with Crippen molar-refractivity contribution in [2.75, 3.05) is 0 Å². The van der Waals surface area contributed by atoms with Crippen molar-refractivity contribution in [3.8, 4) is 0 Å². The number of hydrogen-bond acceptors (Lipinski definition) is 3. The summed E-state index contributed by atoms with van der Waals surface area (Å²) < 4.78 is 5.48. The molecule has 0 radical (unpaired) electrons. The Labute approximate surface area is 90.2 Å². The fourth-order valence-corrected chi connectivity index (χ4v) is 3.25. The first-order valence-corrected chi connectivity index (χ1v) is 5.76. The molecule has 2 saturated carbocycles. The molecule has 15 heavy (non-hydrogen) atoms. The van der Waals surface area contributed by atoms with Crippen LogP contribution in [0, 0.1) is 5.41 Å². The van der Waals surface area contributed by atoms with Gasteiger partial charge in [0.25, 0.3) is 0 Å². The van der Waals surface area contributed by atoms with Gasteiger partial charge in [0.15, 0.2) is 0 Å². The van der Waals surface area contributed by atoms with E-state index in [0.717, 1.165) is 51.2 Å². The second-order valence-corrected chi connectivity index (χ2v) is 5.14. The average Bonchev–Trinajstić information content (AvgIpc) is 2.40. The zero-order valence-corrected chi connectivity index (χ0v) is 9.25. The first-order valence-electron chi connectivity index (χ1n) is 5.76. The van der Waals surface area contributed by atoms with Crippen LogP contribution in [0.2, 0.25) is 0 Å². The van der Waals surface area contributed by atoms with Crippen molar-refractivity contribution in [3.63, 3.8) is 0 Å². The lowest BCUT2D eigenvalue weighted by atomic mass is 9.83. The van der Waals surface area contributed by atoms with Crippen LogP contribution in [0.5, 0.6) is 0 Å². The number of aldehydes is 1. The SMILES string of the molecule is CC(=O)OC12CCCCC(C=O)(CC1)C2. The van der Waals surface area contributed by atoms with Gasteiger partial charge in [-0.3, -0.25) is 4.79 Å². The minimum Gasteiger partial charge on any atom is -0.459 e. The van der Waals surface area contributed by atoms with Crippen molar-refractivity contribution >= 4 is 12.3 Å². The van der Waals surface area contributed by atoms with E-state index in [-0.39, 0.29) is 17.0 Å².